The van der Waals surface area contributed by atoms with Crippen LogP contribution in [0.3, 0.4) is 0 Å². The Morgan fingerprint density at radius 3 is 2.81 bits per heavy atom. The van der Waals surface area contributed by atoms with Crippen LogP contribution in [0.2, 0.25) is 0 Å². The number of hydrogen-bond acceptors (Lipinski definition) is 3. The monoisotopic (exact) mass is 354 g/mol. The molecular formula is C23H30O3. The first-order valence-electron chi connectivity index (χ1n) is 10.2. The number of rotatable bonds is 2. The molecule has 0 saturated heterocycles. The van der Waals surface area contributed by atoms with Gasteiger partial charge in [0.2, 0.25) is 0 Å². The molecule has 3 heteroatoms. The first-order chi connectivity index (χ1) is 12.3. The molecule has 3 saturated carbocycles. The van der Waals surface area contributed by atoms with E-state index < -0.39 is 6.10 Å². The minimum Gasteiger partial charge on any atom is -0.393 e. The summed E-state index contributed by atoms with van der Waals surface area (Å²) < 4.78 is 0. The zero-order valence-electron chi connectivity index (χ0n) is 16.0. The van der Waals surface area contributed by atoms with Gasteiger partial charge in [-0.15, -0.1) is 12.3 Å². The number of aliphatic hydroxyl groups is 1. The lowest BCUT2D eigenvalue weighted by atomic mass is 9.45. The van der Waals surface area contributed by atoms with Gasteiger partial charge in [0.25, 0.3) is 0 Å². The van der Waals surface area contributed by atoms with Crippen LogP contribution in [0, 0.1) is 46.8 Å². The van der Waals surface area contributed by atoms with Gasteiger partial charge in [-0.25, -0.2) is 0 Å². The second-order valence-corrected chi connectivity index (χ2v) is 9.51. The zero-order valence-corrected chi connectivity index (χ0v) is 16.0. The third kappa shape index (κ3) is 2.31. The average molecular weight is 354 g/mol. The highest BCUT2D eigenvalue weighted by atomic mass is 16.3. The summed E-state index contributed by atoms with van der Waals surface area (Å²) in [6.07, 6.45) is 13.8. The van der Waals surface area contributed by atoms with Gasteiger partial charge in [-0.2, -0.15) is 0 Å². The van der Waals surface area contributed by atoms with E-state index in [0.29, 0.717) is 31.1 Å². The predicted molar refractivity (Wildman–Crippen MR) is 100 cm³/mol. The molecule has 4 aliphatic carbocycles. The van der Waals surface area contributed by atoms with Crippen LogP contribution in [0.4, 0.5) is 0 Å². The van der Waals surface area contributed by atoms with Gasteiger partial charge in [-0.1, -0.05) is 12.5 Å². The molecule has 4 aliphatic rings. The van der Waals surface area contributed by atoms with E-state index in [2.05, 4.69) is 12.8 Å². The molecule has 140 valence electrons. The molecule has 0 heterocycles. The van der Waals surface area contributed by atoms with Gasteiger partial charge < -0.3 is 5.11 Å². The third-order valence-corrected chi connectivity index (χ3v) is 8.54. The quantitative estimate of drug-likeness (QED) is 0.769. The summed E-state index contributed by atoms with van der Waals surface area (Å²) in [6, 6.07) is 0. The van der Waals surface area contributed by atoms with Gasteiger partial charge in [0.05, 0.1) is 6.10 Å². The summed E-state index contributed by atoms with van der Waals surface area (Å²) in [4.78, 5) is 24.3. The van der Waals surface area contributed by atoms with Crippen LogP contribution in [-0.2, 0) is 9.59 Å². The SMILES string of the molecule is C#CC[C@]12C[C@H](O)[C@H]3[C@@H](CCC4=CC(=O)CC[C@@]43C)[C@@H]1CC[C@@H]2C(C)=O. The normalized spacial score (nSPS) is 47.2. The molecule has 3 fully saturated rings. The Bertz CT molecular complexity index is 713. The number of carbonyl (C=O) groups is 2. The van der Waals surface area contributed by atoms with Crippen molar-refractivity contribution in [3.8, 4) is 12.3 Å². The van der Waals surface area contributed by atoms with Crippen molar-refractivity contribution in [2.24, 2.45) is 34.5 Å². The summed E-state index contributed by atoms with van der Waals surface area (Å²) in [5, 5.41) is 11.3. The van der Waals surface area contributed by atoms with Crippen molar-refractivity contribution in [2.75, 3.05) is 0 Å². The van der Waals surface area contributed by atoms with Crippen LogP contribution in [-0.4, -0.2) is 22.8 Å². The topological polar surface area (TPSA) is 54.4 Å². The molecule has 1 N–H and O–H groups in total. The number of carbonyl (C=O) groups excluding carboxylic acids is 2. The summed E-state index contributed by atoms with van der Waals surface area (Å²) in [7, 11) is 0. The minimum absolute atomic E-state index is 0.00294. The van der Waals surface area contributed by atoms with E-state index in [1.165, 1.54) is 5.57 Å². The standard InChI is InChI=1S/C23H30O3/c1-4-10-23-13-20(26)21-17(19(23)8-7-18(23)14(2)24)6-5-15-12-16(25)9-11-22(15,21)3/h1,12,17-21,26H,5-11,13H2,2-3H3/t17-,18+,19-,20-,21+,22-,23+/m0/s1. The molecule has 0 aromatic carbocycles. The Morgan fingerprint density at radius 2 is 2.12 bits per heavy atom. The van der Waals surface area contributed by atoms with Crippen LogP contribution < -0.4 is 0 Å². The molecule has 26 heavy (non-hydrogen) atoms. The minimum atomic E-state index is -0.438. The molecule has 0 aromatic rings. The van der Waals surface area contributed by atoms with Gasteiger partial charge in [0.1, 0.15) is 5.78 Å². The van der Waals surface area contributed by atoms with E-state index in [0.717, 1.165) is 32.1 Å². The van der Waals surface area contributed by atoms with Crippen molar-refractivity contribution in [1.29, 1.82) is 0 Å². The largest absolute Gasteiger partial charge is 0.393 e. The summed E-state index contributed by atoms with van der Waals surface area (Å²) in [6.45, 7) is 3.95. The van der Waals surface area contributed by atoms with E-state index in [-0.39, 0.29) is 34.2 Å². The van der Waals surface area contributed by atoms with Crippen LogP contribution in [0.1, 0.15) is 65.2 Å². The van der Waals surface area contributed by atoms with E-state index in [1.807, 2.05) is 6.08 Å². The van der Waals surface area contributed by atoms with Crippen molar-refractivity contribution < 1.29 is 14.7 Å². The van der Waals surface area contributed by atoms with Crippen LogP contribution in [0.25, 0.3) is 0 Å². The molecule has 0 aliphatic heterocycles. The van der Waals surface area contributed by atoms with Gasteiger partial charge in [0, 0.05) is 18.8 Å². The van der Waals surface area contributed by atoms with Crippen molar-refractivity contribution in [3.63, 3.8) is 0 Å². The number of allylic oxidation sites excluding steroid dienone is 1. The molecule has 0 spiro atoms. The highest BCUT2D eigenvalue weighted by Gasteiger charge is 2.63. The lowest BCUT2D eigenvalue weighted by Crippen LogP contribution is -2.57. The van der Waals surface area contributed by atoms with Crippen molar-refractivity contribution >= 4 is 11.6 Å². The van der Waals surface area contributed by atoms with E-state index in [1.54, 1.807) is 6.92 Å². The highest BCUT2D eigenvalue weighted by molar-refractivity contribution is 5.91. The predicted octanol–water partition coefficient (Wildman–Crippen LogP) is 3.70. The zero-order chi connectivity index (χ0) is 18.7. The lowest BCUT2D eigenvalue weighted by molar-refractivity contribution is -0.146. The Morgan fingerprint density at radius 1 is 1.35 bits per heavy atom. The van der Waals surface area contributed by atoms with Gasteiger partial charge in [-0.05, 0) is 80.1 Å². The molecule has 3 nitrogen and oxygen atoms in total. The average Bonchev–Trinajstić information content (AvgIpc) is 2.94. The molecular weight excluding hydrogens is 324 g/mol. The van der Waals surface area contributed by atoms with Gasteiger partial charge in [0.15, 0.2) is 5.78 Å². The number of hydrogen-bond donors (Lipinski definition) is 1. The van der Waals surface area contributed by atoms with E-state index >= 15 is 0 Å². The number of ketones is 2. The van der Waals surface area contributed by atoms with Crippen molar-refractivity contribution in [3.05, 3.63) is 11.6 Å². The maximum atomic E-state index is 12.4. The summed E-state index contributed by atoms with van der Waals surface area (Å²) in [5.41, 5.74) is 0.954. The molecule has 0 unspecified atom stereocenters. The number of fused-ring (bicyclic) bond motifs is 5. The van der Waals surface area contributed by atoms with Crippen molar-refractivity contribution in [1.82, 2.24) is 0 Å². The third-order valence-electron chi connectivity index (χ3n) is 8.54. The van der Waals surface area contributed by atoms with E-state index in [4.69, 9.17) is 6.42 Å². The highest BCUT2D eigenvalue weighted by Crippen LogP contribution is 2.67. The Hall–Kier alpha value is -1.40. The van der Waals surface area contributed by atoms with Gasteiger partial charge in [-0.3, -0.25) is 9.59 Å². The fraction of sp³-hybridized carbons (Fsp3) is 0.739. The molecule has 0 amide bonds. The number of terminal acetylenes is 1. The Balaban J connectivity index is 1.75. The summed E-state index contributed by atoms with van der Waals surface area (Å²) >= 11 is 0. The second kappa shape index (κ2) is 6.06. The first kappa shape index (κ1) is 18.0. The smallest absolute Gasteiger partial charge is 0.155 e. The molecule has 0 aromatic heterocycles. The molecule has 0 bridgehead atoms. The summed E-state index contributed by atoms with van der Waals surface area (Å²) in [5.74, 6) is 4.35. The number of Topliss-reactive ketones (excluding diaryl/α,β-unsaturated/α-hetero) is 1. The Labute approximate surface area is 156 Å². The van der Waals surface area contributed by atoms with Crippen molar-refractivity contribution in [2.45, 2.75) is 71.3 Å². The van der Waals surface area contributed by atoms with Crippen LogP contribution in [0.15, 0.2) is 11.6 Å². The fourth-order valence-electron chi connectivity index (χ4n) is 7.60. The Kier molecular flexibility index (Phi) is 4.19. The first-order valence-corrected chi connectivity index (χ1v) is 10.2. The maximum absolute atomic E-state index is 12.4. The van der Waals surface area contributed by atoms with Gasteiger partial charge >= 0.3 is 0 Å². The maximum Gasteiger partial charge on any atom is 0.155 e. The molecule has 7 atom stereocenters. The van der Waals surface area contributed by atoms with E-state index in [9.17, 15) is 14.7 Å². The second-order valence-electron chi connectivity index (χ2n) is 9.51. The van der Waals surface area contributed by atoms with Crippen LogP contribution in [0.5, 0.6) is 0 Å². The molecule has 0 radical (unpaired) electrons. The number of aliphatic hydroxyl groups excluding tert-OH is 1. The molecule has 4 rings (SSSR count). The van der Waals surface area contributed by atoms with Crippen LogP contribution >= 0.6 is 0 Å². The lowest BCUT2D eigenvalue weighted by Gasteiger charge is -2.60. The fourth-order valence-corrected chi connectivity index (χ4v) is 7.60.